The average molecular weight is 224 g/mol. The quantitative estimate of drug-likeness (QED) is 0.805. The second kappa shape index (κ2) is 5.70. The third-order valence-corrected chi connectivity index (χ3v) is 1.99. The van der Waals surface area contributed by atoms with Gasteiger partial charge in [0.25, 0.3) is 0 Å². The van der Waals surface area contributed by atoms with Gasteiger partial charge in [0.05, 0.1) is 18.8 Å². The Bertz CT molecular complexity index is 327. The van der Waals surface area contributed by atoms with E-state index < -0.39 is 0 Å². The standard InChI is InChI=1S/C12H20N2O2/c1-5-16-11-8-6-7-10(13-11)14-12(2,3)9-15-4/h6-8H,5,9H2,1-4H3,(H,13,14). The number of nitrogens with one attached hydrogen (secondary N) is 1. The van der Waals surface area contributed by atoms with E-state index in [0.717, 1.165) is 5.82 Å². The lowest BCUT2D eigenvalue weighted by Crippen LogP contribution is -2.36. The minimum absolute atomic E-state index is 0.146. The number of methoxy groups -OCH3 is 1. The Morgan fingerprint density at radius 2 is 2.12 bits per heavy atom. The maximum absolute atomic E-state index is 5.34. The Morgan fingerprint density at radius 3 is 2.75 bits per heavy atom. The molecule has 0 unspecified atom stereocenters. The zero-order chi connectivity index (χ0) is 12.0. The van der Waals surface area contributed by atoms with Crippen LogP contribution in [0.3, 0.4) is 0 Å². The van der Waals surface area contributed by atoms with Crippen molar-refractivity contribution >= 4 is 5.82 Å². The van der Waals surface area contributed by atoms with Gasteiger partial charge in [-0.2, -0.15) is 4.98 Å². The lowest BCUT2D eigenvalue weighted by atomic mass is 10.1. The highest BCUT2D eigenvalue weighted by molar-refractivity contribution is 5.39. The molecule has 1 rings (SSSR count). The fourth-order valence-corrected chi connectivity index (χ4v) is 1.46. The van der Waals surface area contributed by atoms with Gasteiger partial charge in [0, 0.05) is 13.2 Å². The van der Waals surface area contributed by atoms with Crippen LogP contribution in [0, 0.1) is 0 Å². The summed E-state index contributed by atoms with van der Waals surface area (Å²) < 4.78 is 10.5. The van der Waals surface area contributed by atoms with Gasteiger partial charge in [-0.15, -0.1) is 0 Å². The Hall–Kier alpha value is -1.29. The Morgan fingerprint density at radius 1 is 1.38 bits per heavy atom. The van der Waals surface area contributed by atoms with Crippen molar-refractivity contribution in [3.05, 3.63) is 18.2 Å². The number of aromatic nitrogens is 1. The van der Waals surface area contributed by atoms with Gasteiger partial charge in [0.1, 0.15) is 5.82 Å². The maximum Gasteiger partial charge on any atom is 0.215 e. The van der Waals surface area contributed by atoms with Crippen LogP contribution < -0.4 is 10.1 Å². The van der Waals surface area contributed by atoms with Crippen LogP contribution in [0.4, 0.5) is 5.82 Å². The first-order valence-corrected chi connectivity index (χ1v) is 5.44. The van der Waals surface area contributed by atoms with Crippen molar-refractivity contribution < 1.29 is 9.47 Å². The van der Waals surface area contributed by atoms with E-state index >= 15 is 0 Å². The number of rotatable bonds is 6. The van der Waals surface area contributed by atoms with E-state index in [1.807, 2.05) is 25.1 Å². The molecule has 16 heavy (non-hydrogen) atoms. The summed E-state index contributed by atoms with van der Waals surface area (Å²) in [5.74, 6) is 1.44. The first-order chi connectivity index (χ1) is 7.57. The lowest BCUT2D eigenvalue weighted by molar-refractivity contribution is 0.158. The molecule has 0 saturated carbocycles. The van der Waals surface area contributed by atoms with Crippen molar-refractivity contribution in [1.29, 1.82) is 0 Å². The largest absolute Gasteiger partial charge is 0.478 e. The number of ether oxygens (including phenoxy) is 2. The molecule has 4 heteroatoms. The van der Waals surface area contributed by atoms with Gasteiger partial charge in [0.2, 0.25) is 5.88 Å². The first kappa shape index (κ1) is 12.8. The van der Waals surface area contributed by atoms with E-state index in [4.69, 9.17) is 9.47 Å². The van der Waals surface area contributed by atoms with Crippen LogP contribution in [0.25, 0.3) is 0 Å². The molecule has 0 fully saturated rings. The molecule has 4 nitrogen and oxygen atoms in total. The van der Waals surface area contributed by atoms with Gasteiger partial charge in [-0.05, 0) is 26.8 Å². The van der Waals surface area contributed by atoms with Crippen molar-refractivity contribution in [2.75, 3.05) is 25.6 Å². The summed E-state index contributed by atoms with van der Waals surface area (Å²) in [6.07, 6.45) is 0. The number of hydrogen-bond acceptors (Lipinski definition) is 4. The summed E-state index contributed by atoms with van der Waals surface area (Å²) in [5.41, 5.74) is -0.146. The van der Waals surface area contributed by atoms with Gasteiger partial charge in [-0.1, -0.05) is 6.07 Å². The average Bonchev–Trinajstić information content (AvgIpc) is 2.17. The molecule has 0 saturated heterocycles. The van der Waals surface area contributed by atoms with Crippen LogP contribution in [0.15, 0.2) is 18.2 Å². The van der Waals surface area contributed by atoms with Crippen LogP contribution in [0.1, 0.15) is 20.8 Å². The van der Waals surface area contributed by atoms with E-state index in [9.17, 15) is 0 Å². The zero-order valence-electron chi connectivity index (χ0n) is 10.4. The molecule has 0 amide bonds. The number of nitrogens with zero attached hydrogens (tertiary/aromatic N) is 1. The second-order valence-electron chi connectivity index (χ2n) is 4.24. The van der Waals surface area contributed by atoms with Crippen LogP contribution >= 0.6 is 0 Å². The van der Waals surface area contributed by atoms with Crippen LogP contribution in [-0.2, 0) is 4.74 Å². The van der Waals surface area contributed by atoms with Crippen molar-refractivity contribution in [1.82, 2.24) is 4.98 Å². The molecule has 0 aliphatic carbocycles. The molecule has 1 heterocycles. The minimum atomic E-state index is -0.146. The van der Waals surface area contributed by atoms with Gasteiger partial charge in [-0.25, -0.2) is 0 Å². The molecule has 0 aromatic carbocycles. The smallest absolute Gasteiger partial charge is 0.215 e. The molecule has 0 spiro atoms. The number of hydrogen-bond donors (Lipinski definition) is 1. The highest BCUT2D eigenvalue weighted by atomic mass is 16.5. The van der Waals surface area contributed by atoms with Crippen molar-refractivity contribution in [3.8, 4) is 5.88 Å². The predicted molar refractivity (Wildman–Crippen MR) is 65.0 cm³/mol. The molecular formula is C12H20N2O2. The molecule has 1 N–H and O–H groups in total. The summed E-state index contributed by atoms with van der Waals surface area (Å²) in [4.78, 5) is 4.34. The molecular weight excluding hydrogens is 204 g/mol. The number of anilines is 1. The fourth-order valence-electron chi connectivity index (χ4n) is 1.46. The van der Waals surface area contributed by atoms with Crippen LogP contribution in [-0.4, -0.2) is 30.8 Å². The van der Waals surface area contributed by atoms with Crippen molar-refractivity contribution in [2.24, 2.45) is 0 Å². The normalized spacial score (nSPS) is 11.2. The topological polar surface area (TPSA) is 43.4 Å². The molecule has 0 atom stereocenters. The summed E-state index contributed by atoms with van der Waals surface area (Å²) in [6, 6.07) is 5.68. The van der Waals surface area contributed by atoms with Crippen LogP contribution in [0.5, 0.6) is 5.88 Å². The number of pyridine rings is 1. The van der Waals surface area contributed by atoms with Gasteiger partial charge < -0.3 is 14.8 Å². The van der Waals surface area contributed by atoms with E-state index in [1.165, 1.54) is 0 Å². The third-order valence-electron chi connectivity index (χ3n) is 1.99. The van der Waals surface area contributed by atoms with E-state index in [-0.39, 0.29) is 5.54 Å². The highest BCUT2D eigenvalue weighted by Crippen LogP contribution is 2.16. The SMILES string of the molecule is CCOc1cccc(NC(C)(C)COC)n1. The molecule has 0 aliphatic heterocycles. The Labute approximate surface area is 97.0 Å². The van der Waals surface area contributed by atoms with E-state index in [2.05, 4.69) is 24.1 Å². The summed E-state index contributed by atoms with van der Waals surface area (Å²) in [5, 5.41) is 3.30. The van der Waals surface area contributed by atoms with Crippen LogP contribution in [0.2, 0.25) is 0 Å². The summed E-state index contributed by atoms with van der Waals surface area (Å²) in [6.45, 7) is 7.30. The highest BCUT2D eigenvalue weighted by Gasteiger charge is 2.17. The monoisotopic (exact) mass is 224 g/mol. The molecule has 0 radical (unpaired) electrons. The lowest BCUT2D eigenvalue weighted by Gasteiger charge is -2.25. The second-order valence-corrected chi connectivity index (χ2v) is 4.24. The third kappa shape index (κ3) is 4.06. The molecule has 0 aliphatic rings. The van der Waals surface area contributed by atoms with Gasteiger partial charge >= 0.3 is 0 Å². The first-order valence-electron chi connectivity index (χ1n) is 5.44. The fraction of sp³-hybridized carbons (Fsp3) is 0.583. The molecule has 90 valence electrons. The van der Waals surface area contributed by atoms with Crippen molar-refractivity contribution in [2.45, 2.75) is 26.3 Å². The van der Waals surface area contributed by atoms with Crippen molar-refractivity contribution in [3.63, 3.8) is 0 Å². The molecule has 0 bridgehead atoms. The van der Waals surface area contributed by atoms with E-state index in [1.54, 1.807) is 7.11 Å². The van der Waals surface area contributed by atoms with Gasteiger partial charge in [-0.3, -0.25) is 0 Å². The minimum Gasteiger partial charge on any atom is -0.478 e. The zero-order valence-corrected chi connectivity index (χ0v) is 10.4. The maximum atomic E-state index is 5.34. The Balaban J connectivity index is 2.69. The summed E-state index contributed by atoms with van der Waals surface area (Å²) >= 11 is 0. The molecule has 1 aromatic heterocycles. The van der Waals surface area contributed by atoms with Gasteiger partial charge in [0.15, 0.2) is 0 Å². The summed E-state index contributed by atoms with van der Waals surface area (Å²) in [7, 11) is 1.69. The molecule has 1 aromatic rings. The van der Waals surface area contributed by atoms with E-state index in [0.29, 0.717) is 19.1 Å². The Kier molecular flexibility index (Phi) is 4.55. The predicted octanol–water partition coefficient (Wildman–Crippen LogP) is 2.32.